The van der Waals surface area contributed by atoms with Crippen LogP contribution in [0.5, 0.6) is 0 Å². The van der Waals surface area contributed by atoms with Gasteiger partial charge in [0.05, 0.1) is 0 Å². The smallest absolute Gasteiger partial charge is 0.0493 e. The summed E-state index contributed by atoms with van der Waals surface area (Å²) in [4.78, 5) is 0. The Balaban J connectivity index is 2.55. The Morgan fingerprint density at radius 2 is 2.08 bits per heavy atom. The van der Waals surface area contributed by atoms with Gasteiger partial charge in [0.1, 0.15) is 0 Å². The molecule has 0 spiro atoms. The maximum absolute atomic E-state index is 6.06. The molecule has 1 rings (SSSR count). The van der Waals surface area contributed by atoms with E-state index in [1.807, 2.05) is 0 Å². The number of alkyl halides is 1. The molecule has 0 saturated carbocycles. The third-order valence-corrected chi connectivity index (χ3v) is 3.75. The normalized spacial score (nSPS) is 24.2. The van der Waals surface area contributed by atoms with E-state index < -0.39 is 0 Å². The lowest BCUT2D eigenvalue weighted by molar-refractivity contribution is -0.0213. The molecule has 0 amide bonds. The van der Waals surface area contributed by atoms with Gasteiger partial charge in [0.25, 0.3) is 0 Å². The van der Waals surface area contributed by atoms with Crippen molar-refractivity contribution in [2.45, 2.75) is 19.8 Å². The monoisotopic (exact) mass is 206 g/mol. The van der Waals surface area contributed by atoms with Crippen molar-refractivity contribution in [2.24, 2.45) is 11.3 Å². The zero-order valence-electron chi connectivity index (χ0n) is 8.51. The van der Waals surface area contributed by atoms with Crippen LogP contribution in [0, 0.1) is 11.3 Å². The first-order valence-electron chi connectivity index (χ1n) is 4.88. The van der Waals surface area contributed by atoms with Crippen molar-refractivity contribution in [1.82, 2.24) is 0 Å². The van der Waals surface area contributed by atoms with Crippen LogP contribution in [0.1, 0.15) is 19.8 Å². The lowest BCUT2D eigenvalue weighted by Crippen LogP contribution is -2.39. The van der Waals surface area contributed by atoms with E-state index >= 15 is 0 Å². The third kappa shape index (κ3) is 2.58. The highest BCUT2D eigenvalue weighted by Gasteiger charge is 2.36. The molecule has 2 nitrogen and oxygen atoms in total. The summed E-state index contributed by atoms with van der Waals surface area (Å²) in [6.45, 7) is 4.71. The summed E-state index contributed by atoms with van der Waals surface area (Å²) in [7, 11) is 1.75. The van der Waals surface area contributed by atoms with Crippen molar-refractivity contribution < 1.29 is 9.47 Å². The minimum absolute atomic E-state index is 0.246. The fourth-order valence-corrected chi connectivity index (χ4v) is 2.49. The Morgan fingerprint density at radius 1 is 1.46 bits per heavy atom. The van der Waals surface area contributed by atoms with Crippen LogP contribution in [-0.4, -0.2) is 32.8 Å². The van der Waals surface area contributed by atoms with Gasteiger partial charge in [-0.05, 0) is 24.2 Å². The van der Waals surface area contributed by atoms with Crippen molar-refractivity contribution >= 4 is 11.6 Å². The molecule has 1 aliphatic heterocycles. The molecule has 78 valence electrons. The van der Waals surface area contributed by atoms with Crippen molar-refractivity contribution in [3.8, 4) is 0 Å². The summed E-state index contributed by atoms with van der Waals surface area (Å²) in [5.41, 5.74) is 0.246. The van der Waals surface area contributed by atoms with Gasteiger partial charge in [0.15, 0.2) is 0 Å². The van der Waals surface area contributed by atoms with Gasteiger partial charge in [-0.3, -0.25) is 0 Å². The molecule has 1 aliphatic rings. The number of hydrogen-bond acceptors (Lipinski definition) is 2. The number of halogens is 1. The molecular weight excluding hydrogens is 188 g/mol. The Kier molecular flexibility index (Phi) is 4.50. The van der Waals surface area contributed by atoms with Gasteiger partial charge in [-0.15, -0.1) is 11.6 Å². The Bertz CT molecular complexity index is 144. The molecule has 0 bridgehead atoms. The van der Waals surface area contributed by atoms with Crippen molar-refractivity contribution in [3.63, 3.8) is 0 Å². The van der Waals surface area contributed by atoms with Crippen LogP contribution < -0.4 is 0 Å². The maximum Gasteiger partial charge on any atom is 0.0493 e. The molecule has 13 heavy (non-hydrogen) atoms. The number of rotatable bonds is 4. The average Bonchev–Trinajstić information content (AvgIpc) is 2.19. The lowest BCUT2D eigenvalue weighted by atomic mass is 9.72. The summed E-state index contributed by atoms with van der Waals surface area (Å²) < 4.78 is 10.5. The van der Waals surface area contributed by atoms with Gasteiger partial charge >= 0.3 is 0 Å². The van der Waals surface area contributed by atoms with Gasteiger partial charge in [0.2, 0.25) is 0 Å². The van der Waals surface area contributed by atoms with Crippen molar-refractivity contribution in [2.75, 3.05) is 32.8 Å². The number of methoxy groups -OCH3 is 1. The summed E-state index contributed by atoms with van der Waals surface area (Å²) in [6, 6.07) is 0. The number of ether oxygens (including phenoxy) is 2. The van der Waals surface area contributed by atoms with Crippen LogP contribution in [0.2, 0.25) is 0 Å². The molecule has 1 saturated heterocycles. The summed E-state index contributed by atoms with van der Waals surface area (Å²) in [5.74, 6) is 1.25. The molecule has 1 unspecified atom stereocenters. The molecule has 0 radical (unpaired) electrons. The van der Waals surface area contributed by atoms with Crippen LogP contribution in [0.3, 0.4) is 0 Å². The Morgan fingerprint density at radius 3 is 2.54 bits per heavy atom. The number of hydrogen-bond donors (Lipinski definition) is 0. The molecule has 1 heterocycles. The zero-order chi connectivity index (χ0) is 9.73. The standard InChI is InChI=1S/C10H19ClO2/c1-9(7-12-2)10(8-11)3-5-13-6-4-10/h9H,3-8H2,1-2H3. The second-order valence-corrected chi connectivity index (χ2v) is 4.23. The predicted molar refractivity (Wildman–Crippen MR) is 54.2 cm³/mol. The summed E-state index contributed by atoms with van der Waals surface area (Å²) >= 11 is 6.06. The molecular formula is C10H19ClO2. The first-order valence-corrected chi connectivity index (χ1v) is 5.41. The average molecular weight is 207 g/mol. The van der Waals surface area contributed by atoms with E-state index in [1.165, 1.54) is 0 Å². The topological polar surface area (TPSA) is 18.5 Å². The van der Waals surface area contributed by atoms with Crippen LogP contribution in [0.15, 0.2) is 0 Å². The molecule has 0 aromatic rings. The second kappa shape index (κ2) is 5.18. The van der Waals surface area contributed by atoms with Crippen molar-refractivity contribution in [1.29, 1.82) is 0 Å². The van der Waals surface area contributed by atoms with E-state index in [-0.39, 0.29) is 5.41 Å². The summed E-state index contributed by atoms with van der Waals surface area (Å²) in [6.07, 6.45) is 2.14. The van der Waals surface area contributed by atoms with Crippen LogP contribution in [0.4, 0.5) is 0 Å². The Hall–Kier alpha value is 0.210. The summed E-state index contributed by atoms with van der Waals surface area (Å²) in [5, 5.41) is 0. The van der Waals surface area contributed by atoms with Crippen molar-refractivity contribution in [3.05, 3.63) is 0 Å². The van der Waals surface area contributed by atoms with Crippen LogP contribution >= 0.6 is 11.6 Å². The van der Waals surface area contributed by atoms with Gasteiger partial charge in [0, 0.05) is 32.8 Å². The van der Waals surface area contributed by atoms with E-state index in [2.05, 4.69) is 6.92 Å². The third-order valence-electron chi connectivity index (χ3n) is 3.22. The first kappa shape index (κ1) is 11.3. The first-order chi connectivity index (χ1) is 6.25. The highest BCUT2D eigenvalue weighted by Crippen LogP contribution is 2.39. The van der Waals surface area contributed by atoms with E-state index in [1.54, 1.807) is 7.11 Å². The lowest BCUT2D eigenvalue weighted by Gasteiger charge is -2.40. The highest BCUT2D eigenvalue weighted by atomic mass is 35.5. The van der Waals surface area contributed by atoms with Gasteiger partial charge in [-0.2, -0.15) is 0 Å². The van der Waals surface area contributed by atoms with E-state index in [4.69, 9.17) is 21.1 Å². The molecule has 1 fully saturated rings. The van der Waals surface area contributed by atoms with Crippen LogP contribution in [0.25, 0.3) is 0 Å². The molecule has 0 aliphatic carbocycles. The fourth-order valence-electron chi connectivity index (χ4n) is 1.96. The molecule has 0 aromatic heterocycles. The van der Waals surface area contributed by atoms with Gasteiger partial charge in [-0.1, -0.05) is 6.92 Å². The van der Waals surface area contributed by atoms with Crippen LogP contribution in [-0.2, 0) is 9.47 Å². The quantitative estimate of drug-likeness (QED) is 0.658. The Labute approximate surface area is 85.5 Å². The molecule has 0 N–H and O–H groups in total. The molecule has 0 aromatic carbocycles. The minimum atomic E-state index is 0.246. The molecule has 3 heteroatoms. The van der Waals surface area contributed by atoms with Gasteiger partial charge < -0.3 is 9.47 Å². The minimum Gasteiger partial charge on any atom is -0.384 e. The molecule has 1 atom stereocenters. The SMILES string of the molecule is COCC(C)C1(CCl)CCOCC1. The fraction of sp³-hybridized carbons (Fsp3) is 1.00. The van der Waals surface area contributed by atoms with E-state index in [0.29, 0.717) is 5.92 Å². The zero-order valence-corrected chi connectivity index (χ0v) is 9.27. The van der Waals surface area contributed by atoms with E-state index in [0.717, 1.165) is 38.5 Å². The second-order valence-electron chi connectivity index (χ2n) is 3.96. The predicted octanol–water partition coefficient (Wildman–Crippen LogP) is 2.30. The maximum atomic E-state index is 6.06. The van der Waals surface area contributed by atoms with Gasteiger partial charge in [-0.25, -0.2) is 0 Å². The largest absolute Gasteiger partial charge is 0.384 e. The highest BCUT2D eigenvalue weighted by molar-refractivity contribution is 6.18. The van der Waals surface area contributed by atoms with E-state index in [9.17, 15) is 0 Å².